The molecule has 8 heteroatoms. The second-order valence-electron chi connectivity index (χ2n) is 3.62. The molecule has 18 heavy (non-hydrogen) atoms. The summed E-state index contributed by atoms with van der Waals surface area (Å²) in [6.45, 7) is 1.07. The van der Waals surface area contributed by atoms with E-state index in [9.17, 15) is 8.42 Å². The van der Waals surface area contributed by atoms with Gasteiger partial charge in [-0.05, 0) is 36.5 Å². The first-order valence-electron chi connectivity index (χ1n) is 5.20. The van der Waals surface area contributed by atoms with Gasteiger partial charge >= 0.3 is 0 Å². The van der Waals surface area contributed by atoms with Crippen LogP contribution in [0.3, 0.4) is 0 Å². The number of nitrogens with zero attached hydrogens (tertiary/aromatic N) is 1. The first-order valence-corrected chi connectivity index (χ1v) is 7.16. The Labute approximate surface area is 112 Å². The van der Waals surface area contributed by atoms with Gasteiger partial charge in [-0.1, -0.05) is 0 Å². The molecular formula is C10H16N4O2S2. The number of nitrogens with one attached hydrogen (secondary N) is 1. The second kappa shape index (κ2) is 6.10. The summed E-state index contributed by atoms with van der Waals surface area (Å²) in [5.41, 5.74) is 6.12. The zero-order chi connectivity index (χ0) is 13.8. The van der Waals surface area contributed by atoms with Crippen LogP contribution in [0.15, 0.2) is 29.2 Å². The van der Waals surface area contributed by atoms with Crippen LogP contribution in [-0.2, 0) is 10.0 Å². The van der Waals surface area contributed by atoms with Crippen molar-refractivity contribution in [3.63, 3.8) is 0 Å². The standard InChI is InChI=1S/C10H16N4O2S2/c1-14(10(17)13-7-6-11)8-2-4-9(5-3-8)18(12,15)16/h2-5H,6-7,11H2,1H3,(H,13,17)(H2,12,15,16). The fourth-order valence-corrected chi connectivity index (χ4v) is 2.00. The molecule has 0 bridgehead atoms. The predicted molar refractivity (Wildman–Crippen MR) is 75.9 cm³/mol. The number of anilines is 1. The van der Waals surface area contributed by atoms with Crippen molar-refractivity contribution in [2.75, 3.05) is 25.0 Å². The van der Waals surface area contributed by atoms with Gasteiger partial charge in [-0.2, -0.15) is 0 Å². The van der Waals surface area contributed by atoms with Gasteiger partial charge in [0.05, 0.1) is 4.90 Å². The quantitative estimate of drug-likeness (QED) is 0.652. The molecule has 0 aliphatic rings. The van der Waals surface area contributed by atoms with E-state index in [4.69, 9.17) is 23.1 Å². The van der Waals surface area contributed by atoms with Crippen molar-refractivity contribution >= 4 is 33.0 Å². The summed E-state index contributed by atoms with van der Waals surface area (Å²) >= 11 is 5.15. The highest BCUT2D eigenvalue weighted by Gasteiger charge is 2.10. The first kappa shape index (κ1) is 14.8. The fraction of sp³-hybridized carbons (Fsp3) is 0.300. The summed E-state index contributed by atoms with van der Waals surface area (Å²) in [6.07, 6.45) is 0. The maximum atomic E-state index is 11.1. The Morgan fingerprint density at radius 2 is 1.94 bits per heavy atom. The zero-order valence-electron chi connectivity index (χ0n) is 9.96. The van der Waals surface area contributed by atoms with Gasteiger partial charge < -0.3 is 16.0 Å². The molecule has 0 aliphatic heterocycles. The Hall–Kier alpha value is -1.22. The third kappa shape index (κ3) is 3.91. The van der Waals surface area contributed by atoms with Gasteiger partial charge in [-0.3, -0.25) is 0 Å². The van der Waals surface area contributed by atoms with Gasteiger partial charge in [0.25, 0.3) is 0 Å². The minimum atomic E-state index is -3.66. The van der Waals surface area contributed by atoms with Crippen LogP contribution in [0.4, 0.5) is 5.69 Å². The van der Waals surface area contributed by atoms with Gasteiger partial charge in [0, 0.05) is 25.8 Å². The van der Waals surface area contributed by atoms with Crippen molar-refractivity contribution in [2.45, 2.75) is 4.90 Å². The molecule has 0 atom stereocenters. The van der Waals surface area contributed by atoms with E-state index in [1.165, 1.54) is 12.1 Å². The van der Waals surface area contributed by atoms with Crippen LogP contribution in [0.25, 0.3) is 0 Å². The Balaban J connectivity index is 2.82. The lowest BCUT2D eigenvalue weighted by molar-refractivity contribution is 0.598. The van der Waals surface area contributed by atoms with Crippen LogP contribution >= 0.6 is 12.2 Å². The molecule has 0 unspecified atom stereocenters. The van der Waals surface area contributed by atoms with Crippen molar-refractivity contribution in [2.24, 2.45) is 10.9 Å². The molecule has 0 amide bonds. The summed E-state index contributed by atoms with van der Waals surface area (Å²) < 4.78 is 22.2. The van der Waals surface area contributed by atoms with Crippen LogP contribution in [0.1, 0.15) is 0 Å². The van der Waals surface area contributed by atoms with Crippen molar-refractivity contribution in [3.8, 4) is 0 Å². The third-order valence-electron chi connectivity index (χ3n) is 2.28. The molecule has 100 valence electrons. The Bertz CT molecular complexity index is 513. The predicted octanol–water partition coefficient (Wildman–Crippen LogP) is -0.397. The van der Waals surface area contributed by atoms with E-state index >= 15 is 0 Å². The van der Waals surface area contributed by atoms with Crippen LogP contribution in [0.2, 0.25) is 0 Å². The monoisotopic (exact) mass is 288 g/mol. The average molecular weight is 288 g/mol. The highest BCUT2D eigenvalue weighted by atomic mass is 32.2. The van der Waals surface area contributed by atoms with Gasteiger partial charge in [0.1, 0.15) is 0 Å². The van der Waals surface area contributed by atoms with E-state index in [0.29, 0.717) is 18.2 Å². The molecule has 1 aromatic carbocycles. The number of nitrogens with two attached hydrogens (primary N) is 2. The van der Waals surface area contributed by atoms with Gasteiger partial charge in [0.15, 0.2) is 5.11 Å². The summed E-state index contributed by atoms with van der Waals surface area (Å²) in [4.78, 5) is 1.79. The van der Waals surface area contributed by atoms with Crippen LogP contribution in [-0.4, -0.2) is 33.7 Å². The third-order valence-corrected chi connectivity index (χ3v) is 3.63. The highest BCUT2D eigenvalue weighted by Crippen LogP contribution is 2.16. The van der Waals surface area contributed by atoms with Crippen molar-refractivity contribution in [1.82, 2.24) is 5.32 Å². The molecule has 0 heterocycles. The largest absolute Gasteiger partial charge is 0.361 e. The molecule has 5 N–H and O–H groups in total. The van der Waals surface area contributed by atoms with Crippen molar-refractivity contribution in [1.29, 1.82) is 0 Å². The molecule has 0 saturated carbocycles. The summed E-state index contributed by atoms with van der Waals surface area (Å²) in [6, 6.07) is 6.14. The number of sulfonamides is 1. The average Bonchev–Trinajstić information content (AvgIpc) is 2.34. The molecule has 0 aliphatic carbocycles. The molecule has 0 saturated heterocycles. The normalized spacial score (nSPS) is 11.1. The van der Waals surface area contributed by atoms with Crippen LogP contribution in [0, 0.1) is 0 Å². The van der Waals surface area contributed by atoms with Crippen molar-refractivity contribution < 1.29 is 8.42 Å². The lowest BCUT2D eigenvalue weighted by atomic mass is 10.3. The van der Waals surface area contributed by atoms with Gasteiger partial charge in [0.2, 0.25) is 10.0 Å². The van der Waals surface area contributed by atoms with E-state index in [-0.39, 0.29) is 4.90 Å². The lowest BCUT2D eigenvalue weighted by Gasteiger charge is -2.21. The summed E-state index contributed by atoms with van der Waals surface area (Å²) in [5, 5.41) is 8.50. The van der Waals surface area contributed by atoms with Crippen LogP contribution in [0.5, 0.6) is 0 Å². The van der Waals surface area contributed by atoms with Crippen molar-refractivity contribution in [3.05, 3.63) is 24.3 Å². The zero-order valence-corrected chi connectivity index (χ0v) is 11.6. The van der Waals surface area contributed by atoms with Crippen LogP contribution < -0.4 is 21.1 Å². The molecular weight excluding hydrogens is 272 g/mol. The Morgan fingerprint density at radius 3 is 2.39 bits per heavy atom. The lowest BCUT2D eigenvalue weighted by Crippen LogP contribution is -2.39. The van der Waals surface area contributed by atoms with E-state index in [1.54, 1.807) is 24.1 Å². The Morgan fingerprint density at radius 1 is 1.39 bits per heavy atom. The second-order valence-corrected chi connectivity index (χ2v) is 5.57. The van der Waals surface area contributed by atoms with E-state index in [2.05, 4.69) is 5.32 Å². The summed E-state index contributed by atoms with van der Waals surface area (Å²) in [7, 11) is -1.89. The topological polar surface area (TPSA) is 101 Å². The van der Waals surface area contributed by atoms with Gasteiger partial charge in [-0.15, -0.1) is 0 Å². The number of hydrogen-bond donors (Lipinski definition) is 3. The maximum Gasteiger partial charge on any atom is 0.238 e. The highest BCUT2D eigenvalue weighted by molar-refractivity contribution is 7.89. The first-order chi connectivity index (χ1) is 8.36. The SMILES string of the molecule is CN(C(=S)NCCN)c1ccc(S(N)(=O)=O)cc1. The molecule has 0 spiro atoms. The molecule has 0 fully saturated rings. The molecule has 0 radical (unpaired) electrons. The smallest absolute Gasteiger partial charge is 0.238 e. The number of hydrogen-bond acceptors (Lipinski definition) is 4. The van der Waals surface area contributed by atoms with E-state index in [1.807, 2.05) is 0 Å². The molecule has 1 rings (SSSR count). The van der Waals surface area contributed by atoms with E-state index in [0.717, 1.165) is 5.69 Å². The Kier molecular flexibility index (Phi) is 5.03. The fourth-order valence-electron chi connectivity index (χ4n) is 1.27. The minimum absolute atomic E-state index is 0.0699. The number of primary sulfonamides is 1. The minimum Gasteiger partial charge on any atom is -0.361 e. The summed E-state index contributed by atoms with van der Waals surface area (Å²) in [5.74, 6) is 0. The van der Waals surface area contributed by atoms with Gasteiger partial charge in [-0.25, -0.2) is 13.6 Å². The molecule has 6 nitrogen and oxygen atoms in total. The number of rotatable bonds is 4. The number of thiocarbonyl (C=S) groups is 1. The number of benzene rings is 1. The van der Waals surface area contributed by atoms with E-state index < -0.39 is 10.0 Å². The molecule has 1 aromatic rings. The molecule has 0 aromatic heterocycles. The maximum absolute atomic E-state index is 11.1.